The van der Waals surface area contributed by atoms with E-state index in [0.29, 0.717) is 23.5 Å². The Hall–Kier alpha value is -2.10. The smallest absolute Gasteiger partial charge is 0.336 e. The van der Waals surface area contributed by atoms with Crippen molar-refractivity contribution in [2.24, 2.45) is 0 Å². The number of ketones is 1. The number of rotatable bonds is 3. The number of ether oxygens (including phenoxy) is 1. The van der Waals surface area contributed by atoms with Gasteiger partial charge in [-0.25, -0.2) is 4.79 Å². The van der Waals surface area contributed by atoms with Gasteiger partial charge >= 0.3 is 5.63 Å². The van der Waals surface area contributed by atoms with Crippen LogP contribution in [0.4, 0.5) is 0 Å². The van der Waals surface area contributed by atoms with Crippen molar-refractivity contribution < 1.29 is 13.9 Å². The van der Waals surface area contributed by atoms with Crippen LogP contribution in [0.5, 0.6) is 5.75 Å². The van der Waals surface area contributed by atoms with Crippen LogP contribution >= 0.6 is 0 Å². The van der Waals surface area contributed by atoms with Crippen molar-refractivity contribution in [3.05, 3.63) is 39.7 Å². The SMILES string of the molecule is CCOc1ccc2c(C)cc(=O)oc2c1C(C)=O. The number of hydrogen-bond donors (Lipinski definition) is 0. The first-order valence-corrected chi connectivity index (χ1v) is 5.75. The molecule has 0 unspecified atom stereocenters. The van der Waals surface area contributed by atoms with E-state index >= 15 is 0 Å². The van der Waals surface area contributed by atoms with Crippen LogP contribution in [0.3, 0.4) is 0 Å². The second kappa shape index (κ2) is 4.64. The second-order valence-electron chi connectivity index (χ2n) is 4.05. The molecular weight excluding hydrogens is 232 g/mol. The van der Waals surface area contributed by atoms with Crippen LogP contribution in [0.2, 0.25) is 0 Å². The molecule has 0 spiro atoms. The number of benzene rings is 1. The van der Waals surface area contributed by atoms with Gasteiger partial charge in [0.1, 0.15) is 11.3 Å². The number of aryl methyl sites for hydroxylation is 1. The summed E-state index contributed by atoms with van der Waals surface area (Å²) in [6, 6.07) is 4.94. The largest absolute Gasteiger partial charge is 0.493 e. The lowest BCUT2D eigenvalue weighted by atomic mass is 10.0. The van der Waals surface area contributed by atoms with Crippen LogP contribution in [-0.2, 0) is 0 Å². The molecule has 0 fully saturated rings. The maximum atomic E-state index is 11.7. The van der Waals surface area contributed by atoms with Gasteiger partial charge in [-0.1, -0.05) is 0 Å². The highest BCUT2D eigenvalue weighted by molar-refractivity contribution is 6.07. The Bertz CT molecular complexity index is 667. The molecule has 0 radical (unpaired) electrons. The maximum Gasteiger partial charge on any atom is 0.336 e. The highest BCUT2D eigenvalue weighted by atomic mass is 16.5. The van der Waals surface area contributed by atoms with Gasteiger partial charge in [-0.05, 0) is 38.5 Å². The van der Waals surface area contributed by atoms with Gasteiger partial charge < -0.3 is 9.15 Å². The van der Waals surface area contributed by atoms with Gasteiger partial charge in [-0.3, -0.25) is 4.79 Å². The van der Waals surface area contributed by atoms with E-state index in [9.17, 15) is 9.59 Å². The Kier molecular flexibility index (Phi) is 3.19. The van der Waals surface area contributed by atoms with E-state index in [1.54, 1.807) is 12.1 Å². The van der Waals surface area contributed by atoms with Crippen LogP contribution in [0.25, 0.3) is 11.0 Å². The van der Waals surface area contributed by atoms with Crippen molar-refractivity contribution in [3.63, 3.8) is 0 Å². The molecule has 0 aliphatic carbocycles. The summed E-state index contributed by atoms with van der Waals surface area (Å²) in [5.74, 6) is 0.268. The average molecular weight is 246 g/mol. The number of fused-ring (bicyclic) bond motifs is 1. The summed E-state index contributed by atoms with van der Waals surface area (Å²) >= 11 is 0. The van der Waals surface area contributed by atoms with Gasteiger partial charge in [-0.2, -0.15) is 0 Å². The van der Waals surface area contributed by atoms with Gasteiger partial charge in [0.2, 0.25) is 0 Å². The molecule has 1 aromatic heterocycles. The molecular formula is C14H14O4. The zero-order valence-corrected chi connectivity index (χ0v) is 10.6. The molecule has 2 aromatic rings. The van der Waals surface area contributed by atoms with Gasteiger partial charge in [0.05, 0.1) is 6.61 Å². The normalized spacial score (nSPS) is 10.6. The summed E-state index contributed by atoms with van der Waals surface area (Å²) in [7, 11) is 0. The van der Waals surface area contributed by atoms with Crippen molar-refractivity contribution in [1.29, 1.82) is 0 Å². The van der Waals surface area contributed by atoms with Crippen molar-refractivity contribution in [1.82, 2.24) is 0 Å². The fourth-order valence-electron chi connectivity index (χ4n) is 1.97. The second-order valence-corrected chi connectivity index (χ2v) is 4.05. The van der Waals surface area contributed by atoms with E-state index in [2.05, 4.69) is 0 Å². The summed E-state index contributed by atoms with van der Waals surface area (Å²) in [6.45, 7) is 5.52. The lowest BCUT2D eigenvalue weighted by molar-refractivity contribution is 0.101. The van der Waals surface area contributed by atoms with E-state index in [4.69, 9.17) is 9.15 Å². The predicted octanol–water partition coefficient (Wildman–Crippen LogP) is 2.70. The zero-order chi connectivity index (χ0) is 13.3. The molecule has 0 N–H and O–H groups in total. The molecule has 2 rings (SSSR count). The predicted molar refractivity (Wildman–Crippen MR) is 68.4 cm³/mol. The van der Waals surface area contributed by atoms with Crippen molar-refractivity contribution >= 4 is 16.8 Å². The van der Waals surface area contributed by atoms with Gasteiger partial charge in [0, 0.05) is 11.5 Å². The quantitative estimate of drug-likeness (QED) is 0.617. The van der Waals surface area contributed by atoms with Gasteiger partial charge in [0.15, 0.2) is 11.4 Å². The summed E-state index contributed by atoms with van der Waals surface area (Å²) in [5.41, 5.74) is 0.955. The minimum atomic E-state index is -0.462. The molecule has 0 atom stereocenters. The third kappa shape index (κ3) is 2.01. The highest BCUT2D eigenvalue weighted by Crippen LogP contribution is 2.29. The van der Waals surface area contributed by atoms with Crippen molar-refractivity contribution in [2.75, 3.05) is 6.61 Å². The minimum Gasteiger partial charge on any atom is -0.493 e. The molecule has 0 saturated heterocycles. The molecule has 18 heavy (non-hydrogen) atoms. The molecule has 4 nitrogen and oxygen atoms in total. The van der Waals surface area contributed by atoms with E-state index < -0.39 is 5.63 Å². The molecule has 0 amide bonds. The van der Waals surface area contributed by atoms with Crippen LogP contribution < -0.4 is 10.4 Å². The minimum absolute atomic E-state index is 0.183. The lowest BCUT2D eigenvalue weighted by Gasteiger charge is -2.10. The van der Waals surface area contributed by atoms with E-state index in [-0.39, 0.29) is 5.78 Å². The molecule has 0 bridgehead atoms. The summed E-state index contributed by atoms with van der Waals surface area (Å²) < 4.78 is 10.6. The van der Waals surface area contributed by atoms with Crippen molar-refractivity contribution in [3.8, 4) is 5.75 Å². The van der Waals surface area contributed by atoms with Gasteiger partial charge in [0.25, 0.3) is 0 Å². The number of carbonyl (C=O) groups is 1. The van der Waals surface area contributed by atoms with Crippen LogP contribution in [0.15, 0.2) is 27.4 Å². The van der Waals surface area contributed by atoms with Crippen LogP contribution in [0.1, 0.15) is 29.8 Å². The van der Waals surface area contributed by atoms with E-state index in [0.717, 1.165) is 10.9 Å². The summed E-state index contributed by atoms with van der Waals surface area (Å²) in [5, 5.41) is 0.753. The van der Waals surface area contributed by atoms with Gasteiger partial charge in [-0.15, -0.1) is 0 Å². The number of Topliss-reactive ketones (excluding diaryl/α,β-unsaturated/α-hetero) is 1. The molecule has 94 valence electrons. The van der Waals surface area contributed by atoms with E-state index in [1.165, 1.54) is 13.0 Å². The molecule has 0 aliphatic heterocycles. The third-order valence-corrected chi connectivity index (χ3v) is 2.73. The Labute approximate surface area is 104 Å². The Morgan fingerprint density at radius 3 is 2.72 bits per heavy atom. The molecule has 0 saturated carbocycles. The topological polar surface area (TPSA) is 56.5 Å². The fraction of sp³-hybridized carbons (Fsp3) is 0.286. The first kappa shape index (κ1) is 12.4. The third-order valence-electron chi connectivity index (χ3n) is 2.73. The summed E-state index contributed by atoms with van der Waals surface area (Å²) in [6.07, 6.45) is 0. The molecule has 1 heterocycles. The van der Waals surface area contributed by atoms with E-state index in [1.807, 2.05) is 13.8 Å². The highest BCUT2D eigenvalue weighted by Gasteiger charge is 2.16. The summed E-state index contributed by atoms with van der Waals surface area (Å²) in [4.78, 5) is 23.2. The van der Waals surface area contributed by atoms with Crippen molar-refractivity contribution in [2.45, 2.75) is 20.8 Å². The first-order chi connectivity index (χ1) is 8.54. The Morgan fingerprint density at radius 2 is 2.11 bits per heavy atom. The molecule has 4 heteroatoms. The average Bonchev–Trinajstić information content (AvgIpc) is 2.27. The maximum absolute atomic E-state index is 11.7. The lowest BCUT2D eigenvalue weighted by Crippen LogP contribution is -2.05. The molecule has 0 aliphatic rings. The van der Waals surface area contributed by atoms with Crippen LogP contribution in [-0.4, -0.2) is 12.4 Å². The number of carbonyl (C=O) groups excluding carboxylic acids is 1. The standard InChI is InChI=1S/C14H14O4/c1-4-17-11-6-5-10-8(2)7-12(16)18-14(10)13(11)9(3)15/h5-7H,4H2,1-3H3. The van der Waals surface area contributed by atoms with Crippen LogP contribution in [0, 0.1) is 6.92 Å². The Balaban J connectivity index is 2.89. The number of hydrogen-bond acceptors (Lipinski definition) is 4. The fourth-order valence-corrected chi connectivity index (χ4v) is 1.97. The molecule has 1 aromatic carbocycles. The zero-order valence-electron chi connectivity index (χ0n) is 10.6. The Morgan fingerprint density at radius 1 is 1.39 bits per heavy atom. The monoisotopic (exact) mass is 246 g/mol. The first-order valence-electron chi connectivity index (χ1n) is 5.75.